The van der Waals surface area contributed by atoms with E-state index in [1.165, 1.54) is 17.4 Å². The number of carbonyl (C=O) groups excluding carboxylic acids is 1. The molecule has 0 aliphatic carbocycles. The van der Waals surface area contributed by atoms with Crippen molar-refractivity contribution in [3.8, 4) is 11.4 Å². The van der Waals surface area contributed by atoms with Crippen LogP contribution < -0.4 is 0 Å². The number of thioether (sulfide) groups is 1. The number of hydrogen-bond donors (Lipinski definition) is 0. The molecule has 0 spiro atoms. The summed E-state index contributed by atoms with van der Waals surface area (Å²) in [5, 5.41) is 7.62. The van der Waals surface area contributed by atoms with Gasteiger partial charge in [-0.1, -0.05) is 17.3 Å². The van der Waals surface area contributed by atoms with Crippen molar-refractivity contribution >= 4 is 29.1 Å². The molecule has 0 saturated heterocycles. The molecule has 0 bridgehead atoms. The van der Waals surface area contributed by atoms with Gasteiger partial charge in [-0.15, -0.1) is 11.8 Å². The van der Waals surface area contributed by atoms with Crippen LogP contribution in [0.4, 0.5) is 4.39 Å². The van der Waals surface area contributed by atoms with E-state index in [1.807, 2.05) is 16.8 Å². The van der Waals surface area contributed by atoms with Crippen molar-refractivity contribution in [2.75, 3.05) is 5.75 Å². The normalized spacial score (nSPS) is 10.7. The molecule has 0 radical (unpaired) electrons. The van der Waals surface area contributed by atoms with E-state index in [-0.39, 0.29) is 24.1 Å². The summed E-state index contributed by atoms with van der Waals surface area (Å²) in [4.78, 5) is 16.2. The predicted molar refractivity (Wildman–Crippen MR) is 84.5 cm³/mol. The SMILES string of the molecule is O=C(CSc1ccccc1F)OCc1nc(-c2ccsc2)no1. The Hall–Kier alpha value is -2.19. The largest absolute Gasteiger partial charge is 0.455 e. The van der Waals surface area contributed by atoms with Gasteiger partial charge in [0.05, 0.1) is 5.75 Å². The molecule has 3 rings (SSSR count). The van der Waals surface area contributed by atoms with Crippen molar-refractivity contribution in [2.24, 2.45) is 0 Å². The second kappa shape index (κ2) is 7.38. The molecule has 2 heterocycles. The van der Waals surface area contributed by atoms with Gasteiger partial charge >= 0.3 is 5.97 Å². The van der Waals surface area contributed by atoms with Crippen LogP contribution in [0.15, 0.2) is 50.5 Å². The van der Waals surface area contributed by atoms with Crippen molar-refractivity contribution < 1.29 is 18.4 Å². The fraction of sp³-hybridized carbons (Fsp3) is 0.133. The molecule has 0 fully saturated rings. The van der Waals surface area contributed by atoms with Gasteiger partial charge < -0.3 is 9.26 Å². The molecule has 0 amide bonds. The smallest absolute Gasteiger partial charge is 0.316 e. The maximum Gasteiger partial charge on any atom is 0.316 e. The highest BCUT2D eigenvalue weighted by Crippen LogP contribution is 2.21. The van der Waals surface area contributed by atoms with Crippen molar-refractivity contribution in [1.29, 1.82) is 0 Å². The van der Waals surface area contributed by atoms with Gasteiger partial charge in [-0.2, -0.15) is 16.3 Å². The van der Waals surface area contributed by atoms with Crippen LogP contribution in [-0.4, -0.2) is 21.9 Å². The molecule has 23 heavy (non-hydrogen) atoms. The van der Waals surface area contributed by atoms with Crippen molar-refractivity contribution in [3.63, 3.8) is 0 Å². The zero-order valence-electron chi connectivity index (χ0n) is 11.8. The quantitative estimate of drug-likeness (QED) is 0.498. The first-order valence-corrected chi connectivity index (χ1v) is 8.53. The first-order valence-electron chi connectivity index (χ1n) is 6.60. The van der Waals surface area contributed by atoms with E-state index in [0.717, 1.165) is 17.3 Å². The lowest BCUT2D eigenvalue weighted by Gasteiger charge is -2.03. The van der Waals surface area contributed by atoms with Gasteiger partial charge in [-0.25, -0.2) is 4.39 Å². The summed E-state index contributed by atoms with van der Waals surface area (Å²) < 4.78 is 23.5. The second-order valence-corrected chi connectivity index (χ2v) is 6.20. The van der Waals surface area contributed by atoms with Crippen LogP contribution in [0.3, 0.4) is 0 Å². The molecule has 0 saturated carbocycles. The first-order chi connectivity index (χ1) is 11.2. The third kappa shape index (κ3) is 4.17. The average Bonchev–Trinajstić information content (AvgIpc) is 3.23. The molecule has 8 heteroatoms. The Balaban J connectivity index is 1.49. The highest BCUT2D eigenvalue weighted by atomic mass is 32.2. The maximum absolute atomic E-state index is 13.4. The van der Waals surface area contributed by atoms with E-state index in [1.54, 1.807) is 18.2 Å². The molecule has 0 aliphatic heterocycles. The fourth-order valence-corrected chi connectivity index (χ4v) is 3.08. The number of esters is 1. The molecule has 0 unspecified atom stereocenters. The Labute approximate surface area is 139 Å². The van der Waals surface area contributed by atoms with Crippen LogP contribution in [0.5, 0.6) is 0 Å². The van der Waals surface area contributed by atoms with Gasteiger partial charge in [-0.05, 0) is 23.6 Å². The van der Waals surface area contributed by atoms with Crippen LogP contribution >= 0.6 is 23.1 Å². The maximum atomic E-state index is 13.4. The third-order valence-corrected chi connectivity index (χ3v) is 4.49. The van der Waals surface area contributed by atoms with E-state index in [0.29, 0.717) is 10.7 Å². The van der Waals surface area contributed by atoms with Crippen LogP contribution in [-0.2, 0) is 16.1 Å². The number of carbonyl (C=O) groups is 1. The summed E-state index contributed by atoms with van der Waals surface area (Å²) in [5.74, 6) is -0.156. The molecule has 0 atom stereocenters. The molecule has 2 aromatic heterocycles. The molecule has 3 aromatic rings. The molecule has 118 valence electrons. The summed E-state index contributed by atoms with van der Waals surface area (Å²) in [6, 6.07) is 8.13. The van der Waals surface area contributed by atoms with Crippen molar-refractivity contribution in [2.45, 2.75) is 11.5 Å². The Morgan fingerprint density at radius 1 is 1.35 bits per heavy atom. The number of hydrogen-bond acceptors (Lipinski definition) is 7. The Morgan fingerprint density at radius 2 is 2.22 bits per heavy atom. The van der Waals surface area contributed by atoms with Gasteiger partial charge in [0.1, 0.15) is 5.82 Å². The third-order valence-electron chi connectivity index (χ3n) is 2.79. The number of rotatable bonds is 6. The number of benzene rings is 1. The van der Waals surface area contributed by atoms with Crippen LogP contribution in [0.1, 0.15) is 5.89 Å². The van der Waals surface area contributed by atoms with Crippen molar-refractivity contribution in [1.82, 2.24) is 10.1 Å². The van der Waals surface area contributed by atoms with E-state index in [2.05, 4.69) is 10.1 Å². The summed E-state index contributed by atoms with van der Waals surface area (Å²) >= 11 is 2.61. The molecule has 0 aliphatic rings. The van der Waals surface area contributed by atoms with E-state index in [4.69, 9.17) is 9.26 Å². The minimum Gasteiger partial charge on any atom is -0.455 e. The topological polar surface area (TPSA) is 65.2 Å². The van der Waals surface area contributed by atoms with Gasteiger partial charge in [0.2, 0.25) is 5.82 Å². The summed E-state index contributed by atoms with van der Waals surface area (Å²) in [5.41, 5.74) is 0.853. The zero-order valence-corrected chi connectivity index (χ0v) is 13.4. The monoisotopic (exact) mass is 350 g/mol. The zero-order chi connectivity index (χ0) is 16.1. The number of ether oxygens (including phenoxy) is 1. The lowest BCUT2D eigenvalue weighted by molar-refractivity contribution is -0.142. The van der Waals surface area contributed by atoms with E-state index in [9.17, 15) is 9.18 Å². The Kier molecular flexibility index (Phi) is 5.04. The minimum absolute atomic E-state index is 0.00641. The van der Waals surface area contributed by atoms with Crippen LogP contribution in [0.2, 0.25) is 0 Å². The molecule has 0 N–H and O–H groups in total. The Morgan fingerprint density at radius 3 is 3.00 bits per heavy atom. The minimum atomic E-state index is -0.478. The number of halogens is 1. The summed E-state index contributed by atoms with van der Waals surface area (Å²) in [7, 11) is 0. The lowest BCUT2D eigenvalue weighted by Crippen LogP contribution is -2.07. The molecular formula is C15H11FN2O3S2. The van der Waals surface area contributed by atoms with Gasteiger partial charge in [0, 0.05) is 15.8 Å². The molecule has 1 aromatic carbocycles. The first kappa shape index (κ1) is 15.7. The van der Waals surface area contributed by atoms with Gasteiger partial charge in [-0.3, -0.25) is 4.79 Å². The molecule has 5 nitrogen and oxygen atoms in total. The van der Waals surface area contributed by atoms with E-state index >= 15 is 0 Å². The molecular weight excluding hydrogens is 339 g/mol. The lowest BCUT2D eigenvalue weighted by atomic mass is 10.3. The fourth-order valence-electron chi connectivity index (χ4n) is 1.70. The second-order valence-electron chi connectivity index (χ2n) is 4.40. The Bertz CT molecular complexity index is 790. The summed E-state index contributed by atoms with van der Waals surface area (Å²) in [6.07, 6.45) is 0. The van der Waals surface area contributed by atoms with Gasteiger partial charge in [0.25, 0.3) is 5.89 Å². The highest BCUT2D eigenvalue weighted by Gasteiger charge is 2.12. The highest BCUT2D eigenvalue weighted by molar-refractivity contribution is 8.00. The van der Waals surface area contributed by atoms with E-state index < -0.39 is 5.97 Å². The van der Waals surface area contributed by atoms with Crippen LogP contribution in [0.25, 0.3) is 11.4 Å². The number of nitrogens with zero attached hydrogens (tertiary/aromatic N) is 2. The average molecular weight is 350 g/mol. The van der Waals surface area contributed by atoms with Crippen LogP contribution in [0, 0.1) is 5.82 Å². The number of aromatic nitrogens is 2. The van der Waals surface area contributed by atoms with Gasteiger partial charge in [0.15, 0.2) is 6.61 Å². The number of thiophene rings is 1. The standard InChI is InChI=1S/C15H11FN2O3S2/c16-11-3-1-2-4-12(11)23-9-14(19)20-7-13-17-15(18-21-13)10-5-6-22-8-10/h1-6,8H,7,9H2. The van der Waals surface area contributed by atoms with Crippen molar-refractivity contribution in [3.05, 3.63) is 52.8 Å². The predicted octanol–water partition coefficient (Wildman–Crippen LogP) is 3.77. The summed E-state index contributed by atoms with van der Waals surface area (Å²) in [6.45, 7) is -0.103.